The van der Waals surface area contributed by atoms with Crippen molar-refractivity contribution >= 4 is 11.8 Å². The summed E-state index contributed by atoms with van der Waals surface area (Å²) in [5.74, 6) is 5.97. The van der Waals surface area contributed by atoms with Gasteiger partial charge in [-0.1, -0.05) is 41.5 Å². The number of nitrogens with zero attached hydrogens (tertiary/aromatic N) is 2. The van der Waals surface area contributed by atoms with Crippen LogP contribution in [0.3, 0.4) is 0 Å². The molecule has 0 atom stereocenters. The van der Waals surface area contributed by atoms with Gasteiger partial charge in [-0.25, -0.2) is 5.01 Å². The Morgan fingerprint density at radius 2 is 1.55 bits per heavy atom. The largest absolute Gasteiger partial charge is 0.274 e. The Morgan fingerprint density at radius 3 is 1.90 bits per heavy atom. The fourth-order valence-electron chi connectivity index (χ4n) is 1.56. The Morgan fingerprint density at radius 1 is 1.10 bits per heavy atom. The fourth-order valence-corrected chi connectivity index (χ4v) is 1.56. The first-order chi connectivity index (χ1) is 9.22. The Kier molecular flexibility index (Phi) is 12.3. The second-order valence-corrected chi connectivity index (χ2v) is 5.39. The molecule has 20 heavy (non-hydrogen) atoms. The van der Waals surface area contributed by atoms with Crippen LogP contribution < -0.4 is 11.3 Å². The lowest BCUT2D eigenvalue weighted by Crippen LogP contribution is -2.52. The van der Waals surface area contributed by atoms with Gasteiger partial charge in [-0.05, 0) is 11.8 Å². The average Bonchev–Trinajstić information content (AvgIpc) is 2.28. The molecule has 0 spiro atoms. The first kappa shape index (κ1) is 21.2. The van der Waals surface area contributed by atoms with Crippen molar-refractivity contribution in [2.75, 3.05) is 19.6 Å². The normalized spacial score (nSPS) is 10.3. The molecule has 6 heteroatoms. The molecule has 0 aromatic heterocycles. The SMILES string of the molecule is CC.CC(=O)NN(CC(C)C)C(=O)CN(N)CC(C)C.[HH].[HH]. The summed E-state index contributed by atoms with van der Waals surface area (Å²) in [4.78, 5) is 23.0. The number of nitrogens with two attached hydrogens (primary N) is 1. The standard InChI is InChI=1S/C12H26N4O2.C2H6.2H2/c1-9(2)6-15(13)8-12(18)16(7-10(3)4)14-11(5)17;1-2;;/h9-10H,6-8,13H2,1-5H3,(H,14,17);1-2H3;2*1H. The van der Waals surface area contributed by atoms with Crippen molar-refractivity contribution in [2.45, 2.75) is 48.5 Å². The molecule has 124 valence electrons. The van der Waals surface area contributed by atoms with Crippen LogP contribution in [0.2, 0.25) is 0 Å². The van der Waals surface area contributed by atoms with E-state index in [1.54, 1.807) is 0 Å². The maximum absolute atomic E-state index is 12.0. The van der Waals surface area contributed by atoms with Crippen LogP contribution in [-0.4, -0.2) is 41.5 Å². The van der Waals surface area contributed by atoms with Crippen molar-refractivity contribution in [2.24, 2.45) is 17.7 Å². The van der Waals surface area contributed by atoms with Gasteiger partial charge in [0.1, 0.15) is 0 Å². The molecule has 2 amide bonds. The molecule has 3 N–H and O–H groups in total. The number of nitrogens with one attached hydrogen (secondary N) is 1. The van der Waals surface area contributed by atoms with Crippen LogP contribution >= 0.6 is 0 Å². The highest BCUT2D eigenvalue weighted by Gasteiger charge is 2.18. The summed E-state index contributed by atoms with van der Waals surface area (Å²) < 4.78 is 0. The summed E-state index contributed by atoms with van der Waals surface area (Å²) in [6, 6.07) is 0. The Labute approximate surface area is 126 Å². The van der Waals surface area contributed by atoms with Gasteiger partial charge >= 0.3 is 0 Å². The van der Waals surface area contributed by atoms with Gasteiger partial charge in [-0.3, -0.25) is 25.9 Å². The van der Waals surface area contributed by atoms with Crippen molar-refractivity contribution in [3.8, 4) is 0 Å². The molecular formula is C14H36N4O2. The number of carbonyl (C=O) groups excluding carboxylic acids is 2. The number of hydrazine groups is 2. The van der Waals surface area contributed by atoms with E-state index in [1.807, 2.05) is 41.5 Å². The monoisotopic (exact) mass is 292 g/mol. The molecule has 0 rings (SSSR count). The number of hydrogen-bond donors (Lipinski definition) is 2. The molecule has 0 saturated carbocycles. The zero-order valence-corrected chi connectivity index (χ0v) is 14.1. The van der Waals surface area contributed by atoms with Crippen LogP contribution in [0.5, 0.6) is 0 Å². The second kappa shape index (κ2) is 11.7. The highest BCUT2D eigenvalue weighted by atomic mass is 16.2. The zero-order chi connectivity index (χ0) is 16.3. The second-order valence-electron chi connectivity index (χ2n) is 5.39. The van der Waals surface area contributed by atoms with E-state index in [-0.39, 0.29) is 27.1 Å². The molecule has 0 radical (unpaired) electrons. The van der Waals surface area contributed by atoms with Gasteiger partial charge in [0.25, 0.3) is 5.91 Å². The van der Waals surface area contributed by atoms with Crippen molar-refractivity contribution < 1.29 is 12.4 Å². The molecule has 0 saturated heterocycles. The Bertz CT molecular complexity index is 290. The van der Waals surface area contributed by atoms with Crippen molar-refractivity contribution in [1.29, 1.82) is 0 Å². The molecule has 0 aromatic carbocycles. The summed E-state index contributed by atoms with van der Waals surface area (Å²) in [6.07, 6.45) is 0. The van der Waals surface area contributed by atoms with Crippen LogP contribution in [0.4, 0.5) is 0 Å². The van der Waals surface area contributed by atoms with Gasteiger partial charge in [0.05, 0.1) is 6.54 Å². The minimum Gasteiger partial charge on any atom is -0.274 e. The quantitative estimate of drug-likeness (QED) is 0.578. The molecular weight excluding hydrogens is 256 g/mol. The predicted octanol–water partition coefficient (Wildman–Crippen LogP) is 1.87. The van der Waals surface area contributed by atoms with Crippen LogP contribution in [0.25, 0.3) is 0 Å². The first-order valence-corrected chi connectivity index (χ1v) is 7.29. The van der Waals surface area contributed by atoms with E-state index in [9.17, 15) is 9.59 Å². The first-order valence-electron chi connectivity index (χ1n) is 7.29. The summed E-state index contributed by atoms with van der Waals surface area (Å²) in [5, 5.41) is 2.81. The molecule has 0 unspecified atom stereocenters. The van der Waals surface area contributed by atoms with Crippen molar-refractivity contribution in [3.63, 3.8) is 0 Å². The van der Waals surface area contributed by atoms with Gasteiger partial charge in [-0.15, -0.1) is 0 Å². The van der Waals surface area contributed by atoms with E-state index < -0.39 is 0 Å². The van der Waals surface area contributed by atoms with E-state index in [0.29, 0.717) is 19.0 Å². The minimum atomic E-state index is -0.253. The van der Waals surface area contributed by atoms with E-state index in [1.165, 1.54) is 16.9 Å². The summed E-state index contributed by atoms with van der Waals surface area (Å²) in [6.45, 7) is 14.6. The minimum absolute atomic E-state index is 0. The molecule has 0 heterocycles. The average molecular weight is 292 g/mol. The van der Waals surface area contributed by atoms with Gasteiger partial charge in [-0.2, -0.15) is 0 Å². The molecule has 0 bridgehead atoms. The van der Waals surface area contributed by atoms with Gasteiger partial charge in [0.15, 0.2) is 0 Å². The van der Waals surface area contributed by atoms with Gasteiger partial charge in [0, 0.05) is 22.9 Å². The summed E-state index contributed by atoms with van der Waals surface area (Å²) >= 11 is 0. The molecule has 0 aliphatic carbocycles. The van der Waals surface area contributed by atoms with Gasteiger partial charge < -0.3 is 0 Å². The third-order valence-corrected chi connectivity index (χ3v) is 2.08. The van der Waals surface area contributed by atoms with Crippen molar-refractivity contribution in [1.82, 2.24) is 15.4 Å². The third-order valence-electron chi connectivity index (χ3n) is 2.08. The lowest BCUT2D eigenvalue weighted by Gasteiger charge is -2.27. The van der Waals surface area contributed by atoms with E-state index >= 15 is 0 Å². The summed E-state index contributed by atoms with van der Waals surface area (Å²) in [5.41, 5.74) is 2.53. The maximum atomic E-state index is 12.0. The Hall–Kier alpha value is -1.14. The van der Waals surface area contributed by atoms with E-state index in [0.717, 1.165) is 0 Å². The lowest BCUT2D eigenvalue weighted by molar-refractivity contribution is -0.142. The number of amides is 2. The molecule has 0 fully saturated rings. The number of hydrogen-bond acceptors (Lipinski definition) is 4. The highest BCUT2D eigenvalue weighted by Crippen LogP contribution is 1.99. The molecule has 0 aliphatic heterocycles. The van der Waals surface area contributed by atoms with E-state index in [2.05, 4.69) is 5.43 Å². The fraction of sp³-hybridized carbons (Fsp3) is 0.857. The summed E-state index contributed by atoms with van der Waals surface area (Å²) in [7, 11) is 0. The lowest BCUT2D eigenvalue weighted by atomic mass is 10.2. The molecule has 0 aliphatic rings. The zero-order valence-electron chi connectivity index (χ0n) is 14.1. The highest BCUT2D eigenvalue weighted by molar-refractivity contribution is 5.82. The molecule has 6 nitrogen and oxygen atoms in total. The van der Waals surface area contributed by atoms with E-state index in [4.69, 9.17) is 5.84 Å². The maximum Gasteiger partial charge on any atom is 0.256 e. The van der Waals surface area contributed by atoms with Gasteiger partial charge in [0.2, 0.25) is 5.91 Å². The number of rotatable bonds is 6. The van der Waals surface area contributed by atoms with Crippen LogP contribution in [0, 0.1) is 11.8 Å². The van der Waals surface area contributed by atoms with Crippen molar-refractivity contribution in [3.05, 3.63) is 0 Å². The smallest absolute Gasteiger partial charge is 0.256 e. The molecule has 0 aromatic rings. The third kappa shape index (κ3) is 11.9. The number of carbonyl (C=O) groups is 2. The Balaban J connectivity index is -0.000000387. The van der Waals surface area contributed by atoms with Crippen LogP contribution in [0.1, 0.15) is 51.3 Å². The predicted molar refractivity (Wildman–Crippen MR) is 86.5 cm³/mol. The van der Waals surface area contributed by atoms with Crippen LogP contribution in [0.15, 0.2) is 0 Å². The van der Waals surface area contributed by atoms with Crippen LogP contribution in [-0.2, 0) is 9.59 Å². The topological polar surface area (TPSA) is 78.7 Å².